The van der Waals surface area contributed by atoms with Crippen LogP contribution in [0.15, 0.2) is 36.7 Å². The number of carbonyl (C=O) groups excluding carboxylic acids is 1. The summed E-state index contributed by atoms with van der Waals surface area (Å²) in [6, 6.07) is 6.01. The molecular weight excluding hydrogens is 273 g/mol. The average molecular weight is 287 g/mol. The van der Waals surface area contributed by atoms with Crippen LogP contribution in [0.25, 0.3) is 0 Å². The number of hydrogen-bond donors (Lipinski definition) is 2. The quantitative estimate of drug-likeness (QED) is 0.835. The van der Waals surface area contributed by atoms with Crippen LogP contribution in [-0.2, 0) is 11.3 Å². The number of benzene rings is 1. The molecule has 0 saturated heterocycles. The molecule has 0 saturated carbocycles. The van der Waals surface area contributed by atoms with Gasteiger partial charge in [-0.05, 0) is 24.3 Å². The Morgan fingerprint density at radius 3 is 3.00 bits per heavy atom. The number of aliphatic hydroxyl groups is 1. The number of nitrogens with one attached hydrogen (secondary N) is 1. The third-order valence-electron chi connectivity index (χ3n) is 2.68. The van der Waals surface area contributed by atoms with Gasteiger partial charge in [-0.15, -0.1) is 0 Å². The molecule has 0 radical (unpaired) electrons. The highest BCUT2D eigenvalue weighted by Crippen LogP contribution is 2.15. The Balaban J connectivity index is 1.94. The Hall–Kier alpha value is -2.65. The summed E-state index contributed by atoms with van der Waals surface area (Å²) in [6.07, 6.45) is 3.58. The Morgan fingerprint density at radius 1 is 1.48 bits per heavy atom. The predicted molar refractivity (Wildman–Crippen MR) is 75.8 cm³/mol. The zero-order valence-corrected chi connectivity index (χ0v) is 11.2. The smallest absolute Gasteiger partial charge is 0.226 e. The number of hydrogen-bond acceptors (Lipinski definition) is 3. The largest absolute Gasteiger partial charge is 0.384 e. The Morgan fingerprint density at radius 2 is 2.33 bits per heavy atom. The van der Waals surface area contributed by atoms with E-state index in [9.17, 15) is 9.18 Å². The molecule has 0 unspecified atom stereocenters. The minimum atomic E-state index is -0.563. The zero-order chi connectivity index (χ0) is 15.1. The van der Waals surface area contributed by atoms with Crippen LogP contribution >= 0.6 is 0 Å². The minimum Gasteiger partial charge on any atom is -0.384 e. The minimum absolute atomic E-state index is 0.106. The van der Waals surface area contributed by atoms with E-state index >= 15 is 0 Å². The van der Waals surface area contributed by atoms with Crippen LogP contribution in [0.4, 0.5) is 10.1 Å². The third-order valence-corrected chi connectivity index (χ3v) is 2.68. The van der Waals surface area contributed by atoms with E-state index in [1.54, 1.807) is 29.2 Å². The molecule has 0 aliphatic heterocycles. The van der Waals surface area contributed by atoms with Crippen molar-refractivity contribution in [2.75, 3.05) is 11.9 Å². The normalized spacial score (nSPS) is 9.81. The summed E-state index contributed by atoms with van der Waals surface area (Å²) in [6.45, 7) is 0.147. The molecule has 5 nitrogen and oxygen atoms in total. The molecule has 1 aromatic carbocycles. The summed E-state index contributed by atoms with van der Waals surface area (Å²) >= 11 is 0. The molecule has 1 amide bonds. The number of aliphatic hydroxyl groups excluding tert-OH is 1. The molecule has 0 bridgehead atoms. The van der Waals surface area contributed by atoms with Gasteiger partial charge in [0.2, 0.25) is 5.91 Å². The van der Waals surface area contributed by atoms with E-state index in [0.717, 1.165) is 0 Å². The molecule has 1 heterocycles. The Labute approximate surface area is 121 Å². The van der Waals surface area contributed by atoms with Crippen molar-refractivity contribution in [1.82, 2.24) is 9.78 Å². The first kappa shape index (κ1) is 14.8. The van der Waals surface area contributed by atoms with Gasteiger partial charge >= 0.3 is 0 Å². The zero-order valence-electron chi connectivity index (χ0n) is 11.2. The lowest BCUT2D eigenvalue weighted by Crippen LogP contribution is -2.15. The highest BCUT2D eigenvalue weighted by Gasteiger charge is 2.07. The monoisotopic (exact) mass is 287 g/mol. The molecule has 2 aromatic rings. The van der Waals surface area contributed by atoms with Crippen molar-refractivity contribution in [3.05, 3.63) is 48.0 Å². The van der Waals surface area contributed by atoms with E-state index in [4.69, 9.17) is 5.11 Å². The fourth-order valence-electron chi connectivity index (χ4n) is 1.70. The first-order chi connectivity index (χ1) is 10.2. The molecule has 0 fully saturated rings. The standard InChI is InChI=1S/C15H14FN3O2/c16-13-11-12(3-1-10-20)4-5-14(13)18-15(21)6-9-19-8-2-7-17-19/h2,4-5,7-8,11,20H,6,9-10H2,(H,18,21). The van der Waals surface area contributed by atoms with Gasteiger partial charge < -0.3 is 10.4 Å². The Bertz CT molecular complexity index is 672. The SMILES string of the molecule is O=C(CCn1cccn1)Nc1ccc(C#CCO)cc1F. The molecule has 6 heteroatoms. The fourth-order valence-corrected chi connectivity index (χ4v) is 1.70. The molecule has 108 valence electrons. The summed E-state index contributed by atoms with van der Waals surface area (Å²) in [7, 11) is 0. The Kier molecular flexibility index (Phi) is 5.07. The summed E-state index contributed by atoms with van der Waals surface area (Å²) in [5, 5.41) is 15.1. The van der Waals surface area contributed by atoms with Gasteiger partial charge in [0, 0.05) is 30.9 Å². The van der Waals surface area contributed by atoms with Gasteiger partial charge in [-0.3, -0.25) is 9.48 Å². The van der Waals surface area contributed by atoms with Crippen molar-refractivity contribution in [3.8, 4) is 11.8 Å². The molecule has 2 rings (SSSR count). The molecule has 21 heavy (non-hydrogen) atoms. The summed E-state index contributed by atoms with van der Waals surface area (Å²) < 4.78 is 15.4. The van der Waals surface area contributed by atoms with Crippen LogP contribution < -0.4 is 5.32 Å². The van der Waals surface area contributed by atoms with Crippen LogP contribution in [0, 0.1) is 17.7 Å². The maximum atomic E-state index is 13.8. The van der Waals surface area contributed by atoms with Crippen molar-refractivity contribution < 1.29 is 14.3 Å². The molecule has 0 aliphatic rings. The van der Waals surface area contributed by atoms with Gasteiger partial charge in [-0.2, -0.15) is 5.10 Å². The first-order valence-electron chi connectivity index (χ1n) is 6.35. The van der Waals surface area contributed by atoms with E-state index in [1.165, 1.54) is 12.1 Å². The maximum Gasteiger partial charge on any atom is 0.226 e. The summed E-state index contributed by atoms with van der Waals surface area (Å²) in [5.74, 6) is 4.17. The number of aryl methyl sites for hydroxylation is 1. The van der Waals surface area contributed by atoms with Crippen molar-refractivity contribution >= 4 is 11.6 Å². The van der Waals surface area contributed by atoms with Gasteiger partial charge in [0.1, 0.15) is 12.4 Å². The second kappa shape index (κ2) is 7.22. The number of nitrogens with zero attached hydrogens (tertiary/aromatic N) is 2. The van der Waals surface area contributed by atoms with Crippen molar-refractivity contribution in [1.29, 1.82) is 0 Å². The van der Waals surface area contributed by atoms with Crippen LogP contribution in [0.2, 0.25) is 0 Å². The third kappa shape index (κ3) is 4.44. The van der Waals surface area contributed by atoms with Crippen molar-refractivity contribution in [3.63, 3.8) is 0 Å². The second-order valence-electron chi connectivity index (χ2n) is 4.22. The van der Waals surface area contributed by atoms with Gasteiger partial charge in [0.05, 0.1) is 5.69 Å². The van der Waals surface area contributed by atoms with E-state index in [2.05, 4.69) is 22.3 Å². The maximum absolute atomic E-state index is 13.8. The van der Waals surface area contributed by atoms with Gasteiger partial charge in [-0.1, -0.05) is 11.8 Å². The highest BCUT2D eigenvalue weighted by atomic mass is 19.1. The fraction of sp³-hybridized carbons (Fsp3) is 0.200. The van der Waals surface area contributed by atoms with E-state index in [1.807, 2.05) is 0 Å². The van der Waals surface area contributed by atoms with Crippen LogP contribution in [0.3, 0.4) is 0 Å². The summed E-state index contributed by atoms with van der Waals surface area (Å²) in [5.41, 5.74) is 0.547. The average Bonchev–Trinajstić information content (AvgIpc) is 2.99. The number of rotatable bonds is 4. The van der Waals surface area contributed by atoms with E-state index in [0.29, 0.717) is 12.1 Å². The van der Waals surface area contributed by atoms with Crippen molar-refractivity contribution in [2.45, 2.75) is 13.0 Å². The lowest BCUT2D eigenvalue weighted by atomic mass is 10.2. The topological polar surface area (TPSA) is 67.2 Å². The van der Waals surface area contributed by atoms with E-state index in [-0.39, 0.29) is 24.6 Å². The highest BCUT2D eigenvalue weighted by molar-refractivity contribution is 5.90. The number of carbonyl (C=O) groups is 1. The molecule has 0 aliphatic carbocycles. The van der Waals surface area contributed by atoms with Crippen LogP contribution in [-0.4, -0.2) is 27.4 Å². The molecule has 0 spiro atoms. The lowest BCUT2D eigenvalue weighted by Gasteiger charge is -2.07. The molecule has 0 atom stereocenters. The second-order valence-corrected chi connectivity index (χ2v) is 4.22. The van der Waals surface area contributed by atoms with E-state index < -0.39 is 5.82 Å². The predicted octanol–water partition coefficient (Wildman–Crippen LogP) is 1.39. The summed E-state index contributed by atoms with van der Waals surface area (Å²) in [4.78, 5) is 11.7. The molecular formula is C15H14FN3O2. The number of amides is 1. The van der Waals surface area contributed by atoms with Crippen LogP contribution in [0.5, 0.6) is 0 Å². The van der Waals surface area contributed by atoms with Gasteiger partial charge in [-0.25, -0.2) is 4.39 Å². The number of halogens is 1. The molecule has 1 aromatic heterocycles. The number of aromatic nitrogens is 2. The molecule has 2 N–H and O–H groups in total. The van der Waals surface area contributed by atoms with Gasteiger partial charge in [0.15, 0.2) is 0 Å². The van der Waals surface area contributed by atoms with Crippen molar-refractivity contribution in [2.24, 2.45) is 0 Å². The van der Waals surface area contributed by atoms with Gasteiger partial charge in [0.25, 0.3) is 0 Å². The lowest BCUT2D eigenvalue weighted by molar-refractivity contribution is -0.116. The van der Waals surface area contributed by atoms with Crippen LogP contribution in [0.1, 0.15) is 12.0 Å². The number of anilines is 1. The first-order valence-corrected chi connectivity index (χ1v) is 6.35.